The quantitative estimate of drug-likeness (QED) is 0.647. The molecule has 0 spiro atoms. The van der Waals surface area contributed by atoms with Crippen molar-refractivity contribution in [2.75, 3.05) is 0 Å². The third kappa shape index (κ3) is 3.72. The molecule has 96 valence electrons. The van der Waals surface area contributed by atoms with Crippen molar-refractivity contribution >= 4 is 0 Å². The predicted molar refractivity (Wildman–Crippen MR) is 59.3 cm³/mol. The molecule has 4 heteroatoms. The molecule has 0 saturated heterocycles. The summed E-state index contributed by atoms with van der Waals surface area (Å²) < 4.78 is 50.9. The number of unbranched alkanes of at least 4 members (excludes halogenated alkanes) is 1. The molecule has 1 unspecified atom stereocenters. The first kappa shape index (κ1) is 14.0. The van der Waals surface area contributed by atoms with E-state index in [1.54, 1.807) is 6.92 Å². The molecule has 0 fully saturated rings. The maximum atomic E-state index is 13.5. The average Bonchev–Trinajstić information content (AvgIpc) is 2.24. The molecular formula is C13H16F4. The smallest absolute Gasteiger partial charge is 0.207 e. The molecule has 0 heterocycles. The summed E-state index contributed by atoms with van der Waals surface area (Å²) in [6.07, 6.45) is -1.87. The molecule has 0 aliphatic carbocycles. The van der Waals surface area contributed by atoms with Crippen molar-refractivity contribution in [2.24, 2.45) is 0 Å². The lowest BCUT2D eigenvalue weighted by molar-refractivity contribution is -0.137. The first-order valence-corrected chi connectivity index (χ1v) is 5.73. The summed E-state index contributed by atoms with van der Waals surface area (Å²) in [5.74, 6) is -0.737. The van der Waals surface area contributed by atoms with Crippen molar-refractivity contribution < 1.29 is 17.6 Å². The lowest BCUT2D eigenvalue weighted by Crippen LogP contribution is -2.07. The van der Waals surface area contributed by atoms with Gasteiger partial charge in [0.1, 0.15) is 5.82 Å². The molecule has 0 N–H and O–H groups in total. The minimum Gasteiger partial charge on any atom is -0.207 e. The second kappa shape index (κ2) is 5.52. The molecule has 0 radical (unpaired) electrons. The van der Waals surface area contributed by atoms with Crippen LogP contribution in [0, 0.1) is 5.82 Å². The van der Waals surface area contributed by atoms with Crippen molar-refractivity contribution in [3.63, 3.8) is 0 Å². The molecule has 0 aromatic heterocycles. The normalized spacial score (nSPS) is 13.8. The van der Waals surface area contributed by atoms with E-state index in [0.29, 0.717) is 6.42 Å². The van der Waals surface area contributed by atoms with Crippen molar-refractivity contribution in [2.45, 2.75) is 45.2 Å². The Morgan fingerprint density at radius 3 is 2.41 bits per heavy atom. The van der Waals surface area contributed by atoms with E-state index in [4.69, 9.17) is 0 Å². The Balaban J connectivity index is 2.98. The third-order valence-electron chi connectivity index (χ3n) is 2.84. The molecule has 0 saturated carbocycles. The van der Waals surface area contributed by atoms with E-state index in [-0.39, 0.29) is 11.5 Å². The van der Waals surface area contributed by atoms with E-state index in [0.717, 1.165) is 31.0 Å². The second-order valence-corrected chi connectivity index (χ2v) is 4.28. The highest BCUT2D eigenvalue weighted by atomic mass is 19.4. The van der Waals surface area contributed by atoms with Crippen molar-refractivity contribution in [3.8, 4) is 0 Å². The molecule has 17 heavy (non-hydrogen) atoms. The summed E-state index contributed by atoms with van der Waals surface area (Å²) in [4.78, 5) is 0. The Morgan fingerprint density at radius 1 is 1.24 bits per heavy atom. The Morgan fingerprint density at radius 2 is 1.88 bits per heavy atom. The standard InChI is InChI=1S/C13H16F4/c1-3-4-5-9(2)11-8-10(13(15,16)17)6-7-12(11)14/h6-9H,3-5H2,1-2H3. The van der Waals surface area contributed by atoms with Gasteiger partial charge in [0.25, 0.3) is 0 Å². The Kier molecular flexibility index (Phi) is 4.54. The van der Waals surface area contributed by atoms with Crippen LogP contribution in [0.25, 0.3) is 0 Å². The van der Waals surface area contributed by atoms with Crippen LogP contribution in [0.4, 0.5) is 17.6 Å². The van der Waals surface area contributed by atoms with E-state index >= 15 is 0 Å². The average molecular weight is 248 g/mol. The molecule has 1 rings (SSSR count). The molecule has 1 aromatic rings. The molecule has 0 nitrogen and oxygen atoms in total. The molecular weight excluding hydrogens is 232 g/mol. The molecule has 1 aromatic carbocycles. The van der Waals surface area contributed by atoms with Crippen molar-refractivity contribution in [1.82, 2.24) is 0 Å². The highest BCUT2D eigenvalue weighted by molar-refractivity contribution is 5.29. The number of benzene rings is 1. The van der Waals surface area contributed by atoms with Crippen molar-refractivity contribution in [3.05, 3.63) is 35.1 Å². The minimum atomic E-state index is -4.41. The third-order valence-corrected chi connectivity index (χ3v) is 2.84. The highest BCUT2D eigenvalue weighted by Crippen LogP contribution is 2.33. The summed E-state index contributed by atoms with van der Waals surface area (Å²) in [7, 11) is 0. The molecule has 1 atom stereocenters. The van der Waals surface area contributed by atoms with E-state index in [9.17, 15) is 17.6 Å². The fourth-order valence-corrected chi connectivity index (χ4v) is 1.76. The summed E-state index contributed by atoms with van der Waals surface area (Å²) in [6.45, 7) is 3.75. The second-order valence-electron chi connectivity index (χ2n) is 4.28. The van der Waals surface area contributed by atoms with Gasteiger partial charge >= 0.3 is 6.18 Å². The van der Waals surface area contributed by atoms with Gasteiger partial charge in [-0.25, -0.2) is 4.39 Å². The first-order valence-electron chi connectivity index (χ1n) is 5.73. The van der Waals surface area contributed by atoms with Gasteiger partial charge < -0.3 is 0 Å². The zero-order chi connectivity index (χ0) is 13.1. The number of alkyl halides is 3. The lowest BCUT2D eigenvalue weighted by Gasteiger charge is -2.15. The summed E-state index contributed by atoms with van der Waals surface area (Å²) in [5.41, 5.74) is -0.620. The van der Waals surface area contributed by atoms with Gasteiger partial charge in [0.2, 0.25) is 0 Å². The molecule has 0 aliphatic heterocycles. The van der Waals surface area contributed by atoms with Crippen LogP contribution in [0.2, 0.25) is 0 Å². The predicted octanol–water partition coefficient (Wildman–Crippen LogP) is 5.14. The van der Waals surface area contributed by atoms with Crippen LogP contribution < -0.4 is 0 Å². The monoisotopic (exact) mass is 248 g/mol. The van der Waals surface area contributed by atoms with E-state index in [1.807, 2.05) is 6.92 Å². The summed E-state index contributed by atoms with van der Waals surface area (Å²) in [6, 6.07) is 2.61. The number of halogens is 4. The minimum absolute atomic E-state index is 0.160. The van der Waals surface area contributed by atoms with Gasteiger partial charge in [0.15, 0.2) is 0 Å². The number of rotatable bonds is 4. The zero-order valence-electron chi connectivity index (χ0n) is 9.94. The van der Waals surface area contributed by atoms with Gasteiger partial charge in [-0.1, -0.05) is 26.7 Å². The summed E-state index contributed by atoms with van der Waals surface area (Å²) in [5, 5.41) is 0. The van der Waals surface area contributed by atoms with E-state index in [1.165, 1.54) is 0 Å². The fraction of sp³-hybridized carbons (Fsp3) is 0.538. The van der Waals surface area contributed by atoms with Crippen LogP contribution in [-0.4, -0.2) is 0 Å². The molecule has 0 bridgehead atoms. The van der Waals surface area contributed by atoms with Crippen LogP contribution in [0.3, 0.4) is 0 Å². The van der Waals surface area contributed by atoms with Gasteiger partial charge in [-0.2, -0.15) is 13.2 Å². The molecule has 0 amide bonds. The largest absolute Gasteiger partial charge is 0.416 e. The summed E-state index contributed by atoms with van der Waals surface area (Å²) >= 11 is 0. The zero-order valence-corrected chi connectivity index (χ0v) is 9.94. The van der Waals surface area contributed by atoms with Crippen LogP contribution in [0.5, 0.6) is 0 Å². The number of hydrogen-bond donors (Lipinski definition) is 0. The Hall–Kier alpha value is -1.06. The van der Waals surface area contributed by atoms with Gasteiger partial charge in [0.05, 0.1) is 5.56 Å². The first-order chi connectivity index (χ1) is 7.86. The SMILES string of the molecule is CCCCC(C)c1cc(C(F)(F)F)ccc1F. The van der Waals surface area contributed by atoms with Crippen LogP contribution >= 0.6 is 0 Å². The van der Waals surface area contributed by atoms with Crippen LogP contribution in [-0.2, 0) is 6.18 Å². The maximum absolute atomic E-state index is 13.5. The van der Waals surface area contributed by atoms with Gasteiger partial charge in [-0.05, 0) is 36.1 Å². The topological polar surface area (TPSA) is 0 Å². The van der Waals surface area contributed by atoms with Gasteiger partial charge in [-0.3, -0.25) is 0 Å². The maximum Gasteiger partial charge on any atom is 0.416 e. The Labute approximate surface area is 98.6 Å². The Bertz CT molecular complexity index is 368. The van der Waals surface area contributed by atoms with E-state index < -0.39 is 17.6 Å². The molecule has 0 aliphatic rings. The van der Waals surface area contributed by atoms with Gasteiger partial charge in [0, 0.05) is 0 Å². The van der Waals surface area contributed by atoms with Crippen LogP contribution in [0.15, 0.2) is 18.2 Å². The van der Waals surface area contributed by atoms with Crippen molar-refractivity contribution in [1.29, 1.82) is 0 Å². The van der Waals surface area contributed by atoms with E-state index in [2.05, 4.69) is 0 Å². The number of hydrogen-bond acceptors (Lipinski definition) is 0. The lowest BCUT2D eigenvalue weighted by atomic mass is 9.93. The highest BCUT2D eigenvalue weighted by Gasteiger charge is 2.31. The van der Waals surface area contributed by atoms with Crippen LogP contribution in [0.1, 0.15) is 50.2 Å². The fourth-order valence-electron chi connectivity index (χ4n) is 1.76. The van der Waals surface area contributed by atoms with Gasteiger partial charge in [-0.15, -0.1) is 0 Å².